The Balaban J connectivity index is 1.36. The molecule has 3 aromatic rings. The first-order valence-electron chi connectivity index (χ1n) is 12.8. The molecular formula is C30H32N2O6S. The first-order valence-corrected chi connectivity index (χ1v) is 14.7. The lowest BCUT2D eigenvalue weighted by molar-refractivity contribution is -0.132. The van der Waals surface area contributed by atoms with Crippen molar-refractivity contribution >= 4 is 27.1 Å². The number of rotatable bonds is 8. The van der Waals surface area contributed by atoms with Crippen LogP contribution in [0.25, 0.3) is 5.70 Å². The second-order valence-electron chi connectivity index (χ2n) is 9.64. The highest BCUT2D eigenvalue weighted by Crippen LogP contribution is 2.37. The molecule has 2 aliphatic rings. The predicted molar refractivity (Wildman–Crippen MR) is 149 cm³/mol. The summed E-state index contributed by atoms with van der Waals surface area (Å²) in [6.45, 7) is 1.45. The number of ether oxygens (including phenoxy) is 3. The van der Waals surface area contributed by atoms with E-state index < -0.39 is 15.4 Å². The number of anilines is 1. The molecule has 0 aliphatic carbocycles. The molecule has 8 nitrogen and oxygen atoms in total. The lowest BCUT2D eigenvalue weighted by Crippen LogP contribution is -2.44. The summed E-state index contributed by atoms with van der Waals surface area (Å²) in [5.74, 6) is 0.352. The average Bonchev–Trinajstić information content (AvgIpc) is 3.42. The summed E-state index contributed by atoms with van der Waals surface area (Å²) in [7, 11) is -1.63. The van der Waals surface area contributed by atoms with Crippen LogP contribution in [0.5, 0.6) is 5.75 Å². The van der Waals surface area contributed by atoms with Gasteiger partial charge in [-0.25, -0.2) is 13.4 Å². The van der Waals surface area contributed by atoms with Crippen LogP contribution in [-0.2, 0) is 29.7 Å². The second kappa shape index (κ2) is 11.2. The number of hydrazine groups is 1. The smallest absolute Gasteiger partial charge is 0.279 e. The lowest BCUT2D eigenvalue weighted by Gasteiger charge is -2.36. The zero-order valence-electron chi connectivity index (χ0n) is 22.1. The largest absolute Gasteiger partial charge is 0.484 e. The first-order chi connectivity index (χ1) is 18.8. The maximum Gasteiger partial charge on any atom is 0.279 e. The minimum absolute atomic E-state index is 0.166. The molecule has 0 unspecified atom stereocenters. The van der Waals surface area contributed by atoms with Crippen LogP contribution >= 0.6 is 0 Å². The van der Waals surface area contributed by atoms with E-state index in [2.05, 4.69) is 0 Å². The number of benzene rings is 3. The summed E-state index contributed by atoms with van der Waals surface area (Å²) < 4.78 is 41.4. The van der Waals surface area contributed by atoms with Gasteiger partial charge in [-0.05, 0) is 53.6 Å². The van der Waals surface area contributed by atoms with Gasteiger partial charge in [-0.1, -0.05) is 42.5 Å². The molecule has 1 amide bonds. The molecule has 0 bridgehead atoms. The monoisotopic (exact) mass is 548 g/mol. The maximum atomic E-state index is 13.5. The lowest BCUT2D eigenvalue weighted by atomic mass is 9.86. The first kappa shape index (κ1) is 26.9. The summed E-state index contributed by atoms with van der Waals surface area (Å²) in [6.07, 6.45) is 4.65. The summed E-state index contributed by atoms with van der Waals surface area (Å²) >= 11 is 0. The molecule has 39 heavy (non-hydrogen) atoms. The third kappa shape index (κ3) is 5.71. The van der Waals surface area contributed by atoms with Crippen molar-refractivity contribution in [2.45, 2.75) is 23.3 Å². The van der Waals surface area contributed by atoms with E-state index in [1.807, 2.05) is 65.7 Å². The molecule has 1 saturated heterocycles. The van der Waals surface area contributed by atoms with Crippen LogP contribution < -0.4 is 9.75 Å². The van der Waals surface area contributed by atoms with Gasteiger partial charge in [0.05, 0.1) is 28.4 Å². The summed E-state index contributed by atoms with van der Waals surface area (Å²) in [4.78, 5) is 13.7. The van der Waals surface area contributed by atoms with Crippen molar-refractivity contribution in [1.82, 2.24) is 5.01 Å². The SMILES string of the molecule is COC1(c2cccc(OCC(=O)N3CC=C(c4ccccc4)N3c3ccc(S(C)(=O)=O)cc3)c2)CCOCC1. The van der Waals surface area contributed by atoms with E-state index in [9.17, 15) is 13.2 Å². The quantitative estimate of drug-likeness (QED) is 0.412. The minimum atomic E-state index is -3.35. The standard InChI is InChI=1S/C30H32N2O6S/c1-36-30(16-19-37-20-17-30)24-9-6-10-26(21-24)38-22-29(33)31-18-15-28(23-7-4-3-5-8-23)32(31)25-11-13-27(14-12-25)39(2,34)35/h3-15,21H,16-20,22H2,1-2H3. The molecule has 0 aromatic heterocycles. The zero-order chi connectivity index (χ0) is 27.5. The Bertz CT molecular complexity index is 1450. The Labute approximate surface area is 229 Å². The summed E-state index contributed by atoms with van der Waals surface area (Å²) in [6, 6.07) is 24.0. The van der Waals surface area contributed by atoms with Crippen molar-refractivity contribution in [2.75, 3.05) is 44.7 Å². The van der Waals surface area contributed by atoms with Crippen LogP contribution in [0, 0.1) is 0 Å². The molecule has 2 aliphatic heterocycles. The van der Waals surface area contributed by atoms with Gasteiger partial charge in [0.15, 0.2) is 16.4 Å². The van der Waals surface area contributed by atoms with Gasteiger partial charge in [0.25, 0.3) is 5.91 Å². The van der Waals surface area contributed by atoms with Crippen molar-refractivity contribution in [1.29, 1.82) is 0 Å². The van der Waals surface area contributed by atoms with Crippen LogP contribution in [0.4, 0.5) is 5.69 Å². The highest BCUT2D eigenvalue weighted by molar-refractivity contribution is 7.90. The van der Waals surface area contributed by atoms with Crippen molar-refractivity contribution < 1.29 is 27.4 Å². The van der Waals surface area contributed by atoms with E-state index in [0.29, 0.717) is 31.2 Å². The van der Waals surface area contributed by atoms with Gasteiger partial charge in [0.2, 0.25) is 0 Å². The molecule has 0 radical (unpaired) electrons. The molecule has 9 heteroatoms. The van der Waals surface area contributed by atoms with Gasteiger partial charge in [0.1, 0.15) is 5.75 Å². The highest BCUT2D eigenvalue weighted by Gasteiger charge is 2.35. The van der Waals surface area contributed by atoms with Crippen molar-refractivity contribution in [3.05, 3.63) is 96.1 Å². The van der Waals surface area contributed by atoms with Crippen molar-refractivity contribution in [3.8, 4) is 5.75 Å². The van der Waals surface area contributed by atoms with Gasteiger partial charge < -0.3 is 14.2 Å². The molecule has 5 rings (SSSR count). The maximum absolute atomic E-state index is 13.5. The fourth-order valence-electron chi connectivity index (χ4n) is 5.05. The Morgan fingerprint density at radius 2 is 1.69 bits per heavy atom. The fraction of sp³-hybridized carbons (Fsp3) is 0.300. The van der Waals surface area contributed by atoms with Crippen LogP contribution in [0.1, 0.15) is 24.0 Å². The van der Waals surface area contributed by atoms with Gasteiger partial charge in [-0.2, -0.15) is 0 Å². The van der Waals surface area contributed by atoms with Crippen LogP contribution in [-0.4, -0.2) is 59.1 Å². The number of carbonyl (C=O) groups excluding carboxylic acids is 1. The van der Waals surface area contributed by atoms with Gasteiger partial charge >= 0.3 is 0 Å². The number of amides is 1. The molecule has 2 heterocycles. The Kier molecular flexibility index (Phi) is 7.74. The van der Waals surface area contributed by atoms with E-state index in [1.165, 1.54) is 6.26 Å². The molecule has 1 fully saturated rings. The third-order valence-electron chi connectivity index (χ3n) is 7.21. The summed E-state index contributed by atoms with van der Waals surface area (Å²) in [5.41, 5.74) is 3.02. The fourth-order valence-corrected chi connectivity index (χ4v) is 5.68. The summed E-state index contributed by atoms with van der Waals surface area (Å²) in [5, 5.41) is 3.42. The number of hydrogen-bond donors (Lipinski definition) is 0. The number of methoxy groups -OCH3 is 1. The third-order valence-corrected chi connectivity index (χ3v) is 8.34. The van der Waals surface area contributed by atoms with Crippen LogP contribution in [0.2, 0.25) is 0 Å². The Hall–Kier alpha value is -3.66. The van der Waals surface area contributed by atoms with Gasteiger partial charge in [-0.3, -0.25) is 9.80 Å². The average molecular weight is 549 g/mol. The van der Waals surface area contributed by atoms with Crippen LogP contribution in [0.3, 0.4) is 0 Å². The number of carbonyl (C=O) groups is 1. The topological polar surface area (TPSA) is 85.4 Å². The Morgan fingerprint density at radius 1 is 0.974 bits per heavy atom. The van der Waals surface area contributed by atoms with Crippen molar-refractivity contribution in [3.63, 3.8) is 0 Å². The van der Waals surface area contributed by atoms with E-state index in [0.717, 1.165) is 29.7 Å². The zero-order valence-corrected chi connectivity index (χ0v) is 22.9. The molecule has 3 aromatic carbocycles. The second-order valence-corrected chi connectivity index (χ2v) is 11.7. The highest BCUT2D eigenvalue weighted by atomic mass is 32.2. The molecule has 0 N–H and O–H groups in total. The van der Waals surface area contributed by atoms with Crippen molar-refractivity contribution in [2.24, 2.45) is 0 Å². The molecule has 204 valence electrons. The molecule has 0 spiro atoms. The van der Waals surface area contributed by atoms with Gasteiger partial charge in [0, 0.05) is 39.4 Å². The molecule has 0 atom stereocenters. The number of hydrogen-bond acceptors (Lipinski definition) is 7. The number of nitrogens with zero attached hydrogens (tertiary/aromatic N) is 2. The van der Waals surface area contributed by atoms with E-state index in [-0.39, 0.29) is 17.4 Å². The minimum Gasteiger partial charge on any atom is -0.484 e. The number of sulfone groups is 1. The molecular weight excluding hydrogens is 516 g/mol. The Morgan fingerprint density at radius 3 is 2.36 bits per heavy atom. The van der Waals surface area contributed by atoms with E-state index in [1.54, 1.807) is 36.4 Å². The van der Waals surface area contributed by atoms with Crippen LogP contribution in [0.15, 0.2) is 89.8 Å². The normalized spacial score (nSPS) is 17.1. The van der Waals surface area contributed by atoms with Gasteiger partial charge in [-0.15, -0.1) is 0 Å². The van der Waals surface area contributed by atoms with E-state index in [4.69, 9.17) is 14.2 Å². The van der Waals surface area contributed by atoms with E-state index >= 15 is 0 Å². The molecule has 0 saturated carbocycles. The predicted octanol–water partition coefficient (Wildman–Crippen LogP) is 4.43.